The zero-order valence-corrected chi connectivity index (χ0v) is 9.84. The molecule has 0 aliphatic rings. The van der Waals surface area contributed by atoms with Crippen molar-refractivity contribution in [2.45, 2.75) is 13.3 Å². The number of aromatic nitrogens is 2. The van der Waals surface area contributed by atoms with E-state index in [1.165, 1.54) is 10.6 Å². The van der Waals surface area contributed by atoms with Crippen LogP contribution >= 0.6 is 11.3 Å². The molecule has 0 bridgehead atoms. The molecule has 0 saturated carbocycles. The number of hydrogen-bond donors (Lipinski definition) is 1. The Hall–Kier alpha value is -1.13. The number of rotatable bonds is 3. The van der Waals surface area contributed by atoms with Crippen molar-refractivity contribution in [1.29, 1.82) is 0 Å². The molecule has 15 heavy (non-hydrogen) atoms. The van der Waals surface area contributed by atoms with Crippen LogP contribution in [-0.2, 0) is 13.5 Å². The minimum atomic E-state index is 0.647. The number of imidazole rings is 1. The van der Waals surface area contributed by atoms with E-state index in [9.17, 15) is 0 Å². The van der Waals surface area contributed by atoms with Crippen LogP contribution in [0.4, 0.5) is 0 Å². The van der Waals surface area contributed by atoms with E-state index in [1.807, 2.05) is 7.05 Å². The van der Waals surface area contributed by atoms with Gasteiger partial charge in [-0.2, -0.15) is 0 Å². The van der Waals surface area contributed by atoms with Crippen molar-refractivity contribution in [3.8, 4) is 10.6 Å². The van der Waals surface area contributed by atoms with E-state index in [1.54, 1.807) is 11.3 Å². The van der Waals surface area contributed by atoms with Crippen molar-refractivity contribution in [2.24, 2.45) is 12.8 Å². The van der Waals surface area contributed by atoms with Gasteiger partial charge in [0.25, 0.3) is 0 Å². The molecular weight excluding hydrogens is 206 g/mol. The van der Waals surface area contributed by atoms with Crippen LogP contribution in [0, 0.1) is 6.92 Å². The maximum absolute atomic E-state index is 5.56. The van der Waals surface area contributed by atoms with Crippen LogP contribution in [0.1, 0.15) is 11.5 Å². The number of nitrogens with two attached hydrogens (primary N) is 1. The molecule has 80 valence electrons. The molecule has 2 aromatic heterocycles. The molecule has 0 aliphatic heterocycles. The van der Waals surface area contributed by atoms with Gasteiger partial charge in [0.1, 0.15) is 11.5 Å². The SMILES string of the molecule is Cc1c(-c2cccs2)nc(CCN)n1C. The monoisotopic (exact) mass is 221 g/mol. The van der Waals surface area contributed by atoms with Crippen LogP contribution in [0.3, 0.4) is 0 Å². The molecule has 0 fully saturated rings. The summed E-state index contributed by atoms with van der Waals surface area (Å²) in [6, 6.07) is 4.16. The van der Waals surface area contributed by atoms with Crippen molar-refractivity contribution >= 4 is 11.3 Å². The van der Waals surface area contributed by atoms with E-state index in [2.05, 4.69) is 34.0 Å². The van der Waals surface area contributed by atoms with Gasteiger partial charge in [-0.15, -0.1) is 11.3 Å². The molecule has 0 saturated heterocycles. The Kier molecular flexibility index (Phi) is 2.88. The van der Waals surface area contributed by atoms with Gasteiger partial charge < -0.3 is 10.3 Å². The van der Waals surface area contributed by atoms with Crippen LogP contribution in [0.15, 0.2) is 17.5 Å². The van der Waals surface area contributed by atoms with Gasteiger partial charge in [-0.3, -0.25) is 0 Å². The lowest BCUT2D eigenvalue weighted by atomic mass is 10.3. The second-order valence-electron chi connectivity index (χ2n) is 3.54. The zero-order chi connectivity index (χ0) is 10.8. The van der Waals surface area contributed by atoms with E-state index in [-0.39, 0.29) is 0 Å². The summed E-state index contributed by atoms with van der Waals surface area (Å²) in [6.45, 7) is 2.75. The van der Waals surface area contributed by atoms with E-state index < -0.39 is 0 Å². The summed E-state index contributed by atoms with van der Waals surface area (Å²) in [6.07, 6.45) is 0.836. The van der Waals surface area contributed by atoms with E-state index in [0.29, 0.717) is 6.54 Å². The molecule has 2 heterocycles. The van der Waals surface area contributed by atoms with Crippen LogP contribution < -0.4 is 5.73 Å². The molecule has 2 rings (SSSR count). The maximum atomic E-state index is 5.56. The fourth-order valence-corrected chi connectivity index (χ4v) is 2.40. The first-order chi connectivity index (χ1) is 7.24. The topological polar surface area (TPSA) is 43.8 Å². The molecular formula is C11H15N3S. The normalized spacial score (nSPS) is 10.9. The first-order valence-corrected chi connectivity index (χ1v) is 5.88. The Morgan fingerprint density at radius 2 is 2.33 bits per heavy atom. The highest BCUT2D eigenvalue weighted by Gasteiger charge is 2.12. The van der Waals surface area contributed by atoms with Gasteiger partial charge in [0.05, 0.1) is 4.88 Å². The summed E-state index contributed by atoms with van der Waals surface area (Å²) in [5.74, 6) is 1.07. The fourth-order valence-electron chi connectivity index (χ4n) is 1.64. The predicted molar refractivity (Wildman–Crippen MR) is 64.0 cm³/mol. The Labute approximate surface area is 93.6 Å². The van der Waals surface area contributed by atoms with Gasteiger partial charge in [-0.05, 0) is 24.9 Å². The van der Waals surface area contributed by atoms with E-state index >= 15 is 0 Å². The molecule has 0 unspecified atom stereocenters. The smallest absolute Gasteiger partial charge is 0.110 e. The molecule has 0 amide bonds. The van der Waals surface area contributed by atoms with Crippen LogP contribution in [0.25, 0.3) is 10.6 Å². The molecule has 0 radical (unpaired) electrons. The van der Waals surface area contributed by atoms with E-state index in [4.69, 9.17) is 5.73 Å². The number of hydrogen-bond acceptors (Lipinski definition) is 3. The standard InChI is InChI=1S/C11H15N3S/c1-8-11(9-4-3-7-15-9)13-10(5-6-12)14(8)2/h3-4,7H,5-6,12H2,1-2H3. The first kappa shape index (κ1) is 10.4. The van der Waals surface area contributed by atoms with Gasteiger partial charge in [0.2, 0.25) is 0 Å². The van der Waals surface area contributed by atoms with Gasteiger partial charge in [0.15, 0.2) is 0 Å². The third-order valence-corrected chi connectivity index (χ3v) is 3.47. The lowest BCUT2D eigenvalue weighted by molar-refractivity contribution is 0.761. The third-order valence-electron chi connectivity index (χ3n) is 2.60. The fraction of sp³-hybridized carbons (Fsp3) is 0.364. The van der Waals surface area contributed by atoms with Crippen LogP contribution in [0.2, 0.25) is 0 Å². The molecule has 0 aliphatic carbocycles. The lowest BCUT2D eigenvalue weighted by Gasteiger charge is -2.00. The van der Waals surface area contributed by atoms with Gasteiger partial charge >= 0.3 is 0 Å². The quantitative estimate of drug-likeness (QED) is 0.861. The van der Waals surface area contributed by atoms with Crippen molar-refractivity contribution in [1.82, 2.24) is 9.55 Å². The second-order valence-corrected chi connectivity index (χ2v) is 4.48. The van der Waals surface area contributed by atoms with Crippen molar-refractivity contribution in [2.75, 3.05) is 6.54 Å². The second kappa shape index (κ2) is 4.16. The van der Waals surface area contributed by atoms with Gasteiger partial charge in [-0.25, -0.2) is 4.98 Å². The average molecular weight is 221 g/mol. The summed E-state index contributed by atoms with van der Waals surface area (Å²) in [7, 11) is 2.05. The molecule has 3 nitrogen and oxygen atoms in total. The Balaban J connectivity index is 2.45. The average Bonchev–Trinajstić information content (AvgIpc) is 2.82. The Morgan fingerprint density at radius 1 is 1.53 bits per heavy atom. The Morgan fingerprint density at radius 3 is 2.93 bits per heavy atom. The highest BCUT2D eigenvalue weighted by Crippen LogP contribution is 2.27. The molecule has 0 spiro atoms. The first-order valence-electron chi connectivity index (χ1n) is 5.00. The van der Waals surface area contributed by atoms with Crippen LogP contribution in [0.5, 0.6) is 0 Å². The molecule has 2 aromatic rings. The summed E-state index contributed by atoms with van der Waals surface area (Å²) in [5.41, 5.74) is 7.86. The summed E-state index contributed by atoms with van der Waals surface area (Å²) < 4.78 is 2.13. The highest BCUT2D eigenvalue weighted by molar-refractivity contribution is 7.13. The molecule has 4 heteroatoms. The number of nitrogens with zero attached hydrogens (tertiary/aromatic N) is 2. The maximum Gasteiger partial charge on any atom is 0.110 e. The minimum absolute atomic E-state index is 0.647. The molecule has 0 atom stereocenters. The summed E-state index contributed by atoms with van der Waals surface area (Å²) in [5, 5.41) is 2.08. The largest absolute Gasteiger partial charge is 0.335 e. The lowest BCUT2D eigenvalue weighted by Crippen LogP contribution is -2.08. The van der Waals surface area contributed by atoms with E-state index in [0.717, 1.165) is 17.9 Å². The zero-order valence-electron chi connectivity index (χ0n) is 9.03. The third kappa shape index (κ3) is 1.82. The van der Waals surface area contributed by atoms with Gasteiger partial charge in [0, 0.05) is 19.2 Å². The van der Waals surface area contributed by atoms with Crippen molar-refractivity contribution in [3.05, 3.63) is 29.0 Å². The summed E-state index contributed by atoms with van der Waals surface area (Å²) in [4.78, 5) is 5.86. The predicted octanol–water partition coefficient (Wildman–Crippen LogP) is 1.96. The molecule has 2 N–H and O–H groups in total. The van der Waals surface area contributed by atoms with Gasteiger partial charge in [-0.1, -0.05) is 6.07 Å². The number of thiophene rings is 1. The Bertz CT molecular complexity index is 443. The van der Waals surface area contributed by atoms with Crippen molar-refractivity contribution in [3.63, 3.8) is 0 Å². The highest BCUT2D eigenvalue weighted by atomic mass is 32.1. The van der Waals surface area contributed by atoms with Crippen molar-refractivity contribution < 1.29 is 0 Å². The van der Waals surface area contributed by atoms with Crippen LogP contribution in [-0.4, -0.2) is 16.1 Å². The molecule has 0 aromatic carbocycles. The minimum Gasteiger partial charge on any atom is -0.335 e. The summed E-state index contributed by atoms with van der Waals surface area (Å²) >= 11 is 1.72.